The van der Waals surface area contributed by atoms with Crippen LogP contribution in [0.25, 0.3) is 89.1 Å². The first-order valence-electron chi connectivity index (χ1n) is 20.5. The van der Waals surface area contributed by atoms with E-state index in [1.54, 1.807) is 5.56 Å². The molecule has 5 nitrogen and oxygen atoms in total. The minimum absolute atomic E-state index is 0.105. The number of furan rings is 1. The van der Waals surface area contributed by atoms with Gasteiger partial charge in [0.25, 0.3) is 0 Å². The zero-order valence-electron chi connectivity index (χ0n) is 31.4. The Kier molecular flexibility index (Phi) is 6.55. The van der Waals surface area contributed by atoms with Crippen LogP contribution >= 0.6 is 0 Å². The van der Waals surface area contributed by atoms with E-state index in [-0.39, 0.29) is 5.41 Å². The van der Waals surface area contributed by atoms with Crippen LogP contribution in [0.15, 0.2) is 150 Å². The minimum atomic E-state index is 0.105. The average molecular weight is 735 g/mol. The van der Waals surface area contributed by atoms with E-state index in [1.807, 2.05) is 42.7 Å². The maximum atomic E-state index is 7.22. The highest BCUT2D eigenvalue weighted by atomic mass is 16.3. The summed E-state index contributed by atoms with van der Waals surface area (Å²) < 4.78 is 7.22. The second-order valence-corrected chi connectivity index (χ2v) is 17.0. The molecule has 6 aromatic carbocycles. The summed E-state index contributed by atoms with van der Waals surface area (Å²) in [7, 11) is 0. The van der Waals surface area contributed by atoms with Gasteiger partial charge in [-0.25, -0.2) is 15.0 Å². The summed E-state index contributed by atoms with van der Waals surface area (Å²) in [5, 5.41) is 4.46. The van der Waals surface area contributed by atoms with Crippen molar-refractivity contribution in [1.82, 2.24) is 19.9 Å². The highest BCUT2D eigenvalue weighted by molar-refractivity contribution is 6.19. The molecule has 0 amide bonds. The lowest BCUT2D eigenvalue weighted by atomic mass is 9.43. The molecule has 3 aromatic heterocycles. The molecule has 0 saturated heterocycles. The lowest BCUT2D eigenvalue weighted by molar-refractivity contribution is -0.0399. The van der Waals surface area contributed by atoms with Gasteiger partial charge in [-0.2, -0.15) is 0 Å². The monoisotopic (exact) mass is 734 g/mol. The standard InChI is InChI=1S/C52H38N4O/c1-2-7-34(8-3-1)49-54-50(35-15-13-32(14-16-35)33-21-23-53-24-22-33)56-51(55-49)42-11-6-10-39-38(42)17-18-40-41-19-20-45-46(48(41)57-47(39)40)43-9-4-5-12-44(43)52(45)36-26-30-25-31(28-36)29-37(52)27-30/h1-24,30-31,36-37H,25-29H2. The van der Waals surface area contributed by atoms with E-state index in [2.05, 4.69) is 108 Å². The quantitative estimate of drug-likeness (QED) is 0.180. The Morgan fingerprint density at radius 1 is 0.421 bits per heavy atom. The van der Waals surface area contributed by atoms with E-state index in [0.717, 1.165) is 67.0 Å². The molecule has 0 N–H and O–H groups in total. The van der Waals surface area contributed by atoms with E-state index in [0.29, 0.717) is 29.3 Å². The van der Waals surface area contributed by atoms with E-state index in [1.165, 1.54) is 54.2 Å². The molecule has 3 heterocycles. The van der Waals surface area contributed by atoms with Crippen LogP contribution in [-0.2, 0) is 5.41 Å². The van der Waals surface area contributed by atoms with E-state index in [9.17, 15) is 0 Å². The summed E-state index contributed by atoms with van der Waals surface area (Å²) in [5.74, 6) is 5.16. The Morgan fingerprint density at radius 2 is 1.00 bits per heavy atom. The van der Waals surface area contributed by atoms with Crippen LogP contribution in [0.1, 0.15) is 43.2 Å². The maximum absolute atomic E-state index is 7.22. The normalized spacial score (nSPS) is 22.8. The Labute approximate surface area is 330 Å². The van der Waals surface area contributed by atoms with Crippen molar-refractivity contribution in [3.05, 3.63) is 157 Å². The number of hydrogen-bond donors (Lipinski definition) is 0. The average Bonchev–Trinajstić information content (AvgIpc) is 3.80. The van der Waals surface area contributed by atoms with Crippen molar-refractivity contribution in [1.29, 1.82) is 0 Å². The number of pyridine rings is 1. The molecule has 272 valence electrons. The van der Waals surface area contributed by atoms with E-state index >= 15 is 0 Å². The second-order valence-electron chi connectivity index (χ2n) is 17.0. The molecule has 0 atom stereocenters. The second kappa shape index (κ2) is 11.8. The van der Waals surface area contributed by atoms with Gasteiger partial charge in [0.05, 0.1) is 0 Å². The van der Waals surface area contributed by atoms with Gasteiger partial charge in [0.15, 0.2) is 17.5 Å². The van der Waals surface area contributed by atoms with Gasteiger partial charge >= 0.3 is 0 Å². The molecular formula is C52H38N4O. The summed E-state index contributed by atoms with van der Waals surface area (Å²) >= 11 is 0. The molecule has 5 aliphatic rings. The molecule has 0 aliphatic heterocycles. The minimum Gasteiger partial charge on any atom is -0.455 e. The Bertz CT molecular complexity index is 3050. The lowest BCUT2D eigenvalue weighted by Gasteiger charge is -2.61. The topological polar surface area (TPSA) is 64.7 Å². The van der Waals surface area contributed by atoms with Gasteiger partial charge in [0, 0.05) is 56.2 Å². The van der Waals surface area contributed by atoms with E-state index < -0.39 is 0 Å². The van der Waals surface area contributed by atoms with Crippen LogP contribution in [0.2, 0.25) is 0 Å². The Hall–Kier alpha value is -6.46. The van der Waals surface area contributed by atoms with Crippen molar-refractivity contribution >= 4 is 32.7 Å². The van der Waals surface area contributed by atoms with Gasteiger partial charge in [-0.3, -0.25) is 4.98 Å². The zero-order valence-corrected chi connectivity index (χ0v) is 31.4. The number of hydrogen-bond acceptors (Lipinski definition) is 5. The first kappa shape index (κ1) is 31.7. The van der Waals surface area contributed by atoms with Crippen LogP contribution in [-0.4, -0.2) is 19.9 Å². The maximum Gasteiger partial charge on any atom is 0.164 e. The highest BCUT2D eigenvalue weighted by Crippen LogP contribution is 2.70. The van der Waals surface area contributed by atoms with Gasteiger partial charge in [0.2, 0.25) is 0 Å². The van der Waals surface area contributed by atoms with Crippen molar-refractivity contribution in [3.8, 4) is 56.4 Å². The molecule has 57 heavy (non-hydrogen) atoms. The predicted octanol–water partition coefficient (Wildman–Crippen LogP) is 12.7. The number of fused-ring (bicyclic) bond motifs is 9. The number of nitrogens with zero attached hydrogens (tertiary/aromatic N) is 4. The summed E-state index contributed by atoms with van der Waals surface area (Å²) in [5.41, 5.74) is 12.9. The molecule has 0 unspecified atom stereocenters. The van der Waals surface area contributed by atoms with Gasteiger partial charge in [-0.15, -0.1) is 0 Å². The van der Waals surface area contributed by atoms with Gasteiger partial charge in [0.1, 0.15) is 11.2 Å². The van der Waals surface area contributed by atoms with Crippen molar-refractivity contribution in [2.75, 3.05) is 0 Å². The van der Waals surface area contributed by atoms with Crippen molar-refractivity contribution < 1.29 is 4.42 Å². The summed E-state index contributed by atoms with van der Waals surface area (Å²) in [6, 6.07) is 47.7. The van der Waals surface area contributed by atoms with E-state index in [4.69, 9.17) is 19.4 Å². The SMILES string of the molecule is c1ccc(-c2nc(-c3ccc(-c4ccncc4)cc3)nc(-c3cccc4c3ccc3c5ccc6c(c5oc43)-c3ccccc3C63C4CC5CC(C4)CC3C5)n2)cc1. The van der Waals surface area contributed by atoms with Crippen molar-refractivity contribution in [2.45, 2.75) is 37.5 Å². The van der Waals surface area contributed by atoms with Crippen LogP contribution in [0.3, 0.4) is 0 Å². The van der Waals surface area contributed by atoms with Crippen LogP contribution in [0, 0.1) is 23.7 Å². The first-order chi connectivity index (χ1) is 28.2. The molecule has 14 rings (SSSR count). The lowest BCUT2D eigenvalue weighted by Crippen LogP contribution is -2.55. The molecular weight excluding hydrogens is 697 g/mol. The summed E-state index contributed by atoms with van der Waals surface area (Å²) in [6.45, 7) is 0. The zero-order chi connectivity index (χ0) is 37.2. The first-order valence-corrected chi connectivity index (χ1v) is 20.5. The third kappa shape index (κ3) is 4.45. The fourth-order valence-corrected chi connectivity index (χ4v) is 12.2. The summed E-state index contributed by atoms with van der Waals surface area (Å²) in [4.78, 5) is 19.5. The van der Waals surface area contributed by atoms with Gasteiger partial charge < -0.3 is 4.42 Å². The summed E-state index contributed by atoms with van der Waals surface area (Å²) in [6.07, 6.45) is 10.6. The Morgan fingerprint density at radius 3 is 1.77 bits per heavy atom. The molecule has 0 radical (unpaired) electrons. The predicted molar refractivity (Wildman–Crippen MR) is 227 cm³/mol. The molecule has 4 fully saturated rings. The molecule has 4 saturated carbocycles. The fourth-order valence-electron chi connectivity index (χ4n) is 12.2. The van der Waals surface area contributed by atoms with Crippen molar-refractivity contribution in [3.63, 3.8) is 0 Å². The van der Waals surface area contributed by atoms with Crippen LogP contribution in [0.4, 0.5) is 0 Å². The highest BCUT2D eigenvalue weighted by Gasteiger charge is 2.61. The molecule has 1 spiro atoms. The Balaban J connectivity index is 0.987. The molecule has 5 heteroatoms. The number of rotatable bonds is 4. The number of benzene rings is 6. The molecule has 9 aromatic rings. The van der Waals surface area contributed by atoms with Crippen LogP contribution < -0.4 is 0 Å². The van der Waals surface area contributed by atoms with Crippen LogP contribution in [0.5, 0.6) is 0 Å². The fraction of sp³-hybridized carbons (Fsp3) is 0.192. The largest absolute Gasteiger partial charge is 0.455 e. The van der Waals surface area contributed by atoms with Crippen molar-refractivity contribution in [2.24, 2.45) is 23.7 Å². The molecule has 5 aliphatic carbocycles. The molecule has 4 bridgehead atoms. The van der Waals surface area contributed by atoms with Gasteiger partial charge in [-0.05, 0) is 107 Å². The number of aromatic nitrogens is 4. The van der Waals surface area contributed by atoms with Gasteiger partial charge in [-0.1, -0.05) is 115 Å². The third-order valence-electron chi connectivity index (χ3n) is 14.2. The third-order valence-corrected chi connectivity index (χ3v) is 14.2. The smallest absolute Gasteiger partial charge is 0.164 e.